The summed E-state index contributed by atoms with van der Waals surface area (Å²) in [5.41, 5.74) is 2.60. The highest BCUT2D eigenvalue weighted by molar-refractivity contribution is 6.00. The van der Waals surface area contributed by atoms with Gasteiger partial charge >= 0.3 is 6.03 Å². The Labute approximate surface area is 166 Å². The van der Waals surface area contributed by atoms with E-state index in [0.29, 0.717) is 29.8 Å². The Kier molecular flexibility index (Phi) is 6.39. The number of hydrogen-bond donors (Lipinski definition) is 4. The zero-order valence-corrected chi connectivity index (χ0v) is 16.7. The smallest absolute Gasteiger partial charge is 0.323 e. The van der Waals surface area contributed by atoms with Crippen molar-refractivity contribution in [3.05, 3.63) is 59.6 Å². The van der Waals surface area contributed by atoms with Crippen molar-refractivity contribution in [1.82, 2.24) is 21.3 Å². The van der Waals surface area contributed by atoms with Crippen LogP contribution in [0.25, 0.3) is 0 Å². The third-order valence-electron chi connectivity index (χ3n) is 5.30. The molecule has 0 bridgehead atoms. The van der Waals surface area contributed by atoms with Gasteiger partial charge in [0.2, 0.25) is 0 Å². The van der Waals surface area contributed by atoms with Gasteiger partial charge in [-0.15, -0.1) is 0 Å². The second-order valence-corrected chi connectivity index (χ2v) is 8.02. The Morgan fingerprint density at radius 1 is 1.14 bits per heavy atom. The van der Waals surface area contributed by atoms with Crippen molar-refractivity contribution in [3.8, 4) is 0 Å². The molecule has 6 heteroatoms. The van der Waals surface area contributed by atoms with Crippen LogP contribution in [0.3, 0.4) is 0 Å². The molecule has 0 radical (unpaired) electrons. The molecule has 28 heavy (non-hydrogen) atoms. The molecule has 0 aromatic heterocycles. The minimum absolute atomic E-state index is 0.117. The summed E-state index contributed by atoms with van der Waals surface area (Å²) in [4.78, 5) is 24.7. The Balaban J connectivity index is 1.63. The van der Waals surface area contributed by atoms with Gasteiger partial charge in [0.05, 0.1) is 11.4 Å². The lowest BCUT2D eigenvalue weighted by molar-refractivity contribution is -0.118. The first kappa shape index (κ1) is 20.0. The van der Waals surface area contributed by atoms with Gasteiger partial charge in [-0.1, -0.05) is 50.8 Å². The predicted molar refractivity (Wildman–Crippen MR) is 110 cm³/mol. The third-order valence-corrected chi connectivity index (χ3v) is 5.30. The molecule has 1 aliphatic carbocycles. The van der Waals surface area contributed by atoms with Crippen molar-refractivity contribution < 1.29 is 9.59 Å². The first-order chi connectivity index (χ1) is 13.4. The first-order valence-electron chi connectivity index (χ1n) is 10.0. The molecule has 1 aliphatic heterocycles. The van der Waals surface area contributed by atoms with Crippen molar-refractivity contribution in [3.63, 3.8) is 0 Å². The number of carbonyl (C=O) groups is 2. The summed E-state index contributed by atoms with van der Waals surface area (Å²) in [7, 11) is 0. The highest BCUT2D eigenvalue weighted by Gasteiger charge is 2.29. The summed E-state index contributed by atoms with van der Waals surface area (Å²) in [6.45, 7) is 8.72. The van der Waals surface area contributed by atoms with Gasteiger partial charge in [-0.3, -0.25) is 4.79 Å². The second-order valence-electron chi connectivity index (χ2n) is 8.02. The molecule has 150 valence electrons. The summed E-state index contributed by atoms with van der Waals surface area (Å²) in [6.07, 6.45) is 3.96. The minimum Gasteiger partial charge on any atom is -0.381 e. The van der Waals surface area contributed by atoms with Gasteiger partial charge in [0, 0.05) is 12.6 Å². The van der Waals surface area contributed by atoms with Gasteiger partial charge in [0.1, 0.15) is 5.70 Å². The van der Waals surface area contributed by atoms with Crippen molar-refractivity contribution >= 4 is 11.9 Å². The Hall–Kier alpha value is -2.76. The van der Waals surface area contributed by atoms with Gasteiger partial charge in [-0.05, 0) is 43.1 Å². The molecule has 2 aliphatic rings. The standard InChI is InChI=1S/C22H30N4O2/c1-14(2)13-23-19-15(3)24-22(28)26-20(19)21(27)25-18-11-9-17(10-12-18)16-7-5-4-6-8-16/h4-8,14,17-18,23H,3,9-13H2,1-2H3,(H,25,27)(H2,24,26,28)/t17-,18+. The molecule has 6 nitrogen and oxygen atoms in total. The fraction of sp³-hybridized carbons (Fsp3) is 0.455. The summed E-state index contributed by atoms with van der Waals surface area (Å²) in [5.74, 6) is 0.691. The Morgan fingerprint density at radius 3 is 2.46 bits per heavy atom. The van der Waals surface area contributed by atoms with Crippen LogP contribution in [-0.4, -0.2) is 24.5 Å². The lowest BCUT2D eigenvalue weighted by Crippen LogP contribution is -2.50. The Morgan fingerprint density at radius 2 is 1.82 bits per heavy atom. The maximum atomic E-state index is 12.9. The van der Waals surface area contributed by atoms with E-state index in [4.69, 9.17) is 0 Å². The molecule has 0 spiro atoms. The number of nitrogens with one attached hydrogen (secondary N) is 4. The number of hydrogen-bond acceptors (Lipinski definition) is 3. The van der Waals surface area contributed by atoms with E-state index >= 15 is 0 Å². The number of rotatable bonds is 6. The molecule has 1 fully saturated rings. The average molecular weight is 383 g/mol. The summed E-state index contributed by atoms with van der Waals surface area (Å²) in [6, 6.07) is 10.2. The van der Waals surface area contributed by atoms with Crippen molar-refractivity contribution in [1.29, 1.82) is 0 Å². The molecule has 0 saturated heterocycles. The van der Waals surface area contributed by atoms with Gasteiger partial charge in [-0.2, -0.15) is 0 Å². The molecular formula is C22H30N4O2. The summed E-state index contributed by atoms with van der Waals surface area (Å²) in [5, 5.41) is 11.6. The average Bonchev–Trinajstić information content (AvgIpc) is 2.68. The van der Waals surface area contributed by atoms with Crippen molar-refractivity contribution in [2.45, 2.75) is 51.5 Å². The lowest BCUT2D eigenvalue weighted by Gasteiger charge is -2.31. The molecule has 4 N–H and O–H groups in total. The SMILES string of the molecule is C=C1NC(=O)NC(C(=O)N[C@H]2CC[C@@H](c3ccccc3)CC2)=C1NCC(C)C. The molecule has 1 heterocycles. The van der Waals surface area contributed by atoms with E-state index in [1.807, 2.05) is 6.07 Å². The highest BCUT2D eigenvalue weighted by atomic mass is 16.2. The summed E-state index contributed by atoms with van der Waals surface area (Å²) >= 11 is 0. The van der Waals surface area contributed by atoms with Gasteiger partial charge in [0.25, 0.3) is 5.91 Å². The van der Waals surface area contributed by atoms with Crippen LogP contribution in [0, 0.1) is 5.92 Å². The lowest BCUT2D eigenvalue weighted by atomic mass is 9.82. The van der Waals surface area contributed by atoms with E-state index in [1.54, 1.807) is 0 Å². The Bertz CT molecular complexity index is 762. The zero-order chi connectivity index (χ0) is 20.1. The van der Waals surface area contributed by atoms with Crippen LogP contribution < -0.4 is 21.3 Å². The normalized spacial score (nSPS) is 22.5. The maximum Gasteiger partial charge on any atom is 0.323 e. The highest BCUT2D eigenvalue weighted by Crippen LogP contribution is 2.32. The molecule has 3 amide bonds. The molecule has 0 atom stereocenters. The fourth-order valence-electron chi connectivity index (χ4n) is 3.78. The zero-order valence-electron chi connectivity index (χ0n) is 16.7. The van der Waals surface area contributed by atoms with Crippen LogP contribution in [0.1, 0.15) is 51.0 Å². The number of benzene rings is 1. The van der Waals surface area contributed by atoms with Crippen LogP contribution in [0.4, 0.5) is 4.79 Å². The predicted octanol–water partition coefficient (Wildman–Crippen LogP) is 3.11. The van der Waals surface area contributed by atoms with E-state index < -0.39 is 6.03 Å². The van der Waals surface area contributed by atoms with Crippen molar-refractivity contribution in [2.75, 3.05) is 6.54 Å². The number of carbonyl (C=O) groups excluding carboxylic acids is 2. The van der Waals surface area contributed by atoms with Crippen LogP contribution in [0.15, 0.2) is 54.0 Å². The van der Waals surface area contributed by atoms with Crippen LogP contribution in [-0.2, 0) is 4.79 Å². The van der Waals surface area contributed by atoms with Crippen LogP contribution in [0.5, 0.6) is 0 Å². The van der Waals surface area contributed by atoms with E-state index in [-0.39, 0.29) is 17.6 Å². The number of urea groups is 1. The van der Waals surface area contributed by atoms with E-state index in [9.17, 15) is 9.59 Å². The largest absolute Gasteiger partial charge is 0.381 e. The summed E-state index contributed by atoms with van der Waals surface area (Å²) < 4.78 is 0. The van der Waals surface area contributed by atoms with Gasteiger partial charge in [-0.25, -0.2) is 4.79 Å². The molecular weight excluding hydrogens is 352 g/mol. The maximum absolute atomic E-state index is 12.9. The number of amides is 3. The topological polar surface area (TPSA) is 82.3 Å². The molecule has 1 aromatic rings. The third kappa shape index (κ3) is 4.94. The molecule has 1 aromatic carbocycles. The first-order valence-corrected chi connectivity index (χ1v) is 10.0. The quantitative estimate of drug-likeness (QED) is 0.610. The molecule has 1 saturated carbocycles. The second kappa shape index (κ2) is 8.95. The van der Waals surface area contributed by atoms with Crippen LogP contribution >= 0.6 is 0 Å². The van der Waals surface area contributed by atoms with Crippen molar-refractivity contribution in [2.24, 2.45) is 5.92 Å². The molecule has 0 unspecified atom stereocenters. The fourth-order valence-corrected chi connectivity index (χ4v) is 3.78. The van der Waals surface area contributed by atoms with Gasteiger partial charge in [0.15, 0.2) is 0 Å². The minimum atomic E-state index is -0.432. The molecule has 3 rings (SSSR count). The van der Waals surface area contributed by atoms with E-state index in [2.05, 4.69) is 66.0 Å². The van der Waals surface area contributed by atoms with E-state index in [0.717, 1.165) is 25.7 Å². The van der Waals surface area contributed by atoms with Crippen LogP contribution in [0.2, 0.25) is 0 Å². The monoisotopic (exact) mass is 382 g/mol. The van der Waals surface area contributed by atoms with E-state index in [1.165, 1.54) is 5.56 Å². The van der Waals surface area contributed by atoms with Gasteiger partial charge < -0.3 is 21.3 Å².